The normalized spacial score (nSPS) is 3.47. The maximum atomic E-state index is 8.88. The maximum Gasteiger partial charge on any atom is 1.00 e. The summed E-state index contributed by atoms with van der Waals surface area (Å²) in [5, 5.41) is 0. The molecule has 0 aliphatic rings. The van der Waals surface area contributed by atoms with E-state index < -0.39 is 7.82 Å². The molecule has 0 fully saturated rings. The summed E-state index contributed by atoms with van der Waals surface area (Å²) in [7, 11) is -4.64. The first-order valence-electron chi connectivity index (χ1n) is 0.783. The predicted molar refractivity (Wildman–Crippen MR) is 14.3 cm³/mol. The van der Waals surface area contributed by atoms with Crippen LogP contribution in [0.5, 0.6) is 0 Å². The fraction of sp³-hybridized carbons (Fsp3) is 0. The van der Waals surface area contributed by atoms with Gasteiger partial charge in [-0.15, -0.1) is 0 Å². The molecule has 0 atom stereocenters. The molecule has 0 rings (SSSR count). The molecule has 4 nitrogen and oxygen atoms in total. The van der Waals surface area contributed by atoms with Crippen molar-refractivity contribution in [2.45, 2.75) is 0 Å². The van der Waals surface area contributed by atoms with Crippen LogP contribution in [0.25, 0.3) is 0 Å². The predicted octanol–water partition coefficient (Wildman–Crippen LogP) is -36.9. The van der Waals surface area contributed by atoms with E-state index in [0.29, 0.717) is 0 Å². The maximum absolute atomic E-state index is 8.88. The van der Waals surface area contributed by atoms with Crippen LogP contribution < -0.4 is 141 Å². The molecule has 0 aliphatic heterocycles. The molecule has 0 aliphatic carbocycles. The van der Waals surface area contributed by atoms with Crippen LogP contribution in [-0.4, -0.2) is 14.7 Å². The van der Waals surface area contributed by atoms with Gasteiger partial charge < -0.3 is 42.9 Å². The van der Waals surface area contributed by atoms with Crippen LogP contribution in [0.15, 0.2) is 0 Å². The molecule has 17 heavy (non-hydrogen) atoms. The minimum absolute atomic E-state index is 0. The van der Waals surface area contributed by atoms with Crippen LogP contribution in [-0.2, 0) is 4.57 Å². The molecule has 0 aromatic carbocycles. The van der Waals surface area contributed by atoms with Crippen LogP contribution in [0.1, 0.15) is 0 Å². The molecule has 0 spiro atoms. The van der Waals surface area contributed by atoms with Crippen molar-refractivity contribution in [3.8, 4) is 0 Å². The Morgan fingerprint density at radius 3 is 0.471 bits per heavy atom. The van der Waals surface area contributed by atoms with Gasteiger partial charge in [0.1, 0.15) is 0 Å². The summed E-state index contributed by atoms with van der Waals surface area (Å²) in [6.45, 7) is 0. The second-order valence-electron chi connectivity index (χ2n) is 0.513. The van der Waals surface area contributed by atoms with E-state index in [1.807, 2.05) is 0 Å². The molecule has 0 unspecified atom stereocenters. The summed E-state index contributed by atoms with van der Waals surface area (Å²) in [4.78, 5) is 21.6. The minimum atomic E-state index is -4.64. The molecule has 80 valence electrons. The molecule has 0 aromatic rings. The summed E-state index contributed by atoms with van der Waals surface area (Å²) < 4.78 is 8.88. The van der Waals surface area contributed by atoms with E-state index in [-0.39, 0.29) is 141 Å². The fourth-order valence-corrected chi connectivity index (χ4v) is 0. The van der Waals surface area contributed by atoms with Gasteiger partial charge in [-0.2, -0.15) is 0 Å². The number of hydrogen-bond donors (Lipinski definition) is 3. The first-order valence-corrected chi connectivity index (χ1v) is 2.35. The van der Waals surface area contributed by atoms with Gasteiger partial charge in [0.05, 0.1) is 0 Å². The smallest absolute Gasteiger partial charge is 1.00 e. The Morgan fingerprint density at radius 2 is 0.471 bits per heavy atom. The Balaban J connectivity index is -0.00000000121. The molecule has 0 saturated carbocycles. The fourth-order valence-electron chi connectivity index (χ4n) is 0. The molecule has 0 radical (unpaired) electrons. The summed E-state index contributed by atoms with van der Waals surface area (Å²) in [5.74, 6) is 0. The van der Waals surface area contributed by atoms with Gasteiger partial charge in [0, 0.05) is 0 Å². The third kappa shape index (κ3) is 536. The summed E-state index contributed by atoms with van der Waals surface area (Å²) >= 11 is 0. The van der Waals surface area contributed by atoms with Crippen molar-refractivity contribution < 1.29 is 161 Å². The Morgan fingerprint density at radius 1 is 0.471 bits per heavy atom. The minimum Gasteiger partial charge on any atom is -1.00 e. The summed E-state index contributed by atoms with van der Waals surface area (Å²) in [6, 6.07) is 0. The van der Waals surface area contributed by atoms with Gasteiger partial charge >= 0.3 is 121 Å². The number of rotatable bonds is 0. The van der Waals surface area contributed by atoms with Gasteiger partial charge in [-0.3, -0.25) is 0 Å². The number of hydrogen-bond acceptors (Lipinski definition) is 1. The quantitative estimate of drug-likeness (QED) is 0.228. The van der Waals surface area contributed by atoms with Crippen molar-refractivity contribution in [3.05, 3.63) is 0 Å². The van der Waals surface area contributed by atoms with Crippen molar-refractivity contribution in [1.82, 2.24) is 0 Å². The van der Waals surface area contributed by atoms with Gasteiger partial charge in [-0.1, -0.05) is 0 Å². The van der Waals surface area contributed by atoms with Crippen molar-refractivity contribution in [2.24, 2.45) is 0 Å². The molecule has 0 bridgehead atoms. The van der Waals surface area contributed by atoms with Crippen molar-refractivity contribution in [1.29, 1.82) is 0 Å². The van der Waals surface area contributed by atoms with E-state index in [2.05, 4.69) is 0 Å². The largest absolute Gasteiger partial charge is 1.00 e. The van der Waals surface area contributed by atoms with Gasteiger partial charge in [-0.05, 0) is 0 Å². The van der Waals surface area contributed by atoms with Crippen LogP contribution >= 0.6 is 7.82 Å². The first kappa shape index (κ1) is 142. The second kappa shape index (κ2) is 74.8. The van der Waals surface area contributed by atoms with E-state index in [9.17, 15) is 0 Å². The van der Waals surface area contributed by atoms with E-state index in [0.717, 1.165) is 0 Å². The van der Waals surface area contributed by atoms with Crippen LogP contribution in [0.4, 0.5) is 0 Å². The SMILES string of the molecule is O=P(O)(O)O.[F-].[F-].[F-].[F-].[F-].[F-].[Li+].[Li+].[Li+].[Li+].[Li+].[Li+]. The van der Waals surface area contributed by atoms with Crippen LogP contribution in [0.2, 0.25) is 0 Å². The average Bonchev–Trinajstić information content (AvgIpc) is 0.722. The van der Waals surface area contributed by atoms with Gasteiger partial charge in [0.25, 0.3) is 0 Å². The van der Waals surface area contributed by atoms with E-state index in [1.165, 1.54) is 0 Å². The molecular weight excluding hydrogens is 251 g/mol. The first-order chi connectivity index (χ1) is 2.00. The molecular formula is H3F6Li6O4P. The molecule has 17 heteroatoms. The van der Waals surface area contributed by atoms with Gasteiger partial charge in [0.2, 0.25) is 0 Å². The Kier molecular flexibility index (Phi) is 627. The zero-order valence-electron chi connectivity index (χ0n) is 10.5. The van der Waals surface area contributed by atoms with Gasteiger partial charge in [0.15, 0.2) is 0 Å². The topological polar surface area (TPSA) is 77.8 Å². The van der Waals surface area contributed by atoms with Crippen molar-refractivity contribution in [2.75, 3.05) is 0 Å². The molecule has 0 heterocycles. The van der Waals surface area contributed by atoms with Gasteiger partial charge in [-0.25, -0.2) is 4.57 Å². The zero-order chi connectivity index (χ0) is 4.50. The average molecular weight is 254 g/mol. The summed E-state index contributed by atoms with van der Waals surface area (Å²) in [6.07, 6.45) is 0. The van der Waals surface area contributed by atoms with Crippen molar-refractivity contribution in [3.63, 3.8) is 0 Å². The third-order valence-corrected chi connectivity index (χ3v) is 0. The van der Waals surface area contributed by atoms with Crippen LogP contribution in [0.3, 0.4) is 0 Å². The molecule has 0 amide bonds. The van der Waals surface area contributed by atoms with Crippen molar-refractivity contribution >= 4 is 7.82 Å². The monoisotopic (exact) mass is 254 g/mol. The third-order valence-electron chi connectivity index (χ3n) is 0. The molecule has 0 aromatic heterocycles. The zero-order valence-corrected chi connectivity index (χ0v) is 11.4. The Labute approximate surface area is 166 Å². The number of halogens is 6. The Hall–Kier alpha value is 3.27. The second-order valence-corrected chi connectivity index (χ2v) is 1.54. The number of phosphoric acid groups is 1. The Bertz CT molecular complexity index is 76.6. The van der Waals surface area contributed by atoms with Crippen LogP contribution in [0, 0.1) is 0 Å². The molecule has 3 N–H and O–H groups in total. The molecule has 0 saturated heterocycles. The summed E-state index contributed by atoms with van der Waals surface area (Å²) in [5.41, 5.74) is 0. The van der Waals surface area contributed by atoms with E-state index in [4.69, 9.17) is 19.2 Å². The van der Waals surface area contributed by atoms with E-state index >= 15 is 0 Å². The van der Waals surface area contributed by atoms with E-state index in [1.54, 1.807) is 0 Å². The standard InChI is InChI=1S/6FH.6Li.H3O4P/c;;;;;;;;;;;;1-5(2,3)4/h6*1H;;;;;;;(H3,1,2,3,4)/q;;;;;;6*+1;/p-6.